The van der Waals surface area contributed by atoms with Gasteiger partial charge >= 0.3 is 5.97 Å². The molecule has 0 unspecified atom stereocenters. The van der Waals surface area contributed by atoms with E-state index in [1.54, 1.807) is 6.08 Å². The monoisotopic (exact) mass is 446 g/mol. The van der Waals surface area contributed by atoms with E-state index in [0.717, 1.165) is 22.3 Å². The molecule has 4 heteroatoms. The van der Waals surface area contributed by atoms with Crippen LogP contribution in [0.25, 0.3) is 28.3 Å². The maximum Gasteiger partial charge on any atom is 0.328 e. The van der Waals surface area contributed by atoms with Crippen LogP contribution in [-0.2, 0) is 4.79 Å². The SMILES string of the molecule is O=C(O)C=Cc1ccc(C(=C(c2ccccc2)C2CCC2)c2cccc(-c3cn[nH]c3)c2)cc1. The maximum absolute atomic E-state index is 10.9. The highest BCUT2D eigenvalue weighted by Crippen LogP contribution is 2.45. The van der Waals surface area contributed by atoms with Crippen LogP contribution in [0.1, 0.15) is 41.5 Å². The number of carbonyl (C=O) groups is 1. The van der Waals surface area contributed by atoms with Crippen LogP contribution in [-0.4, -0.2) is 21.3 Å². The van der Waals surface area contributed by atoms with Crippen molar-refractivity contribution in [2.75, 3.05) is 0 Å². The fourth-order valence-corrected chi connectivity index (χ4v) is 4.57. The van der Waals surface area contributed by atoms with Gasteiger partial charge in [0.2, 0.25) is 0 Å². The summed E-state index contributed by atoms with van der Waals surface area (Å²) in [7, 11) is 0. The van der Waals surface area contributed by atoms with Gasteiger partial charge < -0.3 is 5.11 Å². The maximum atomic E-state index is 10.9. The van der Waals surface area contributed by atoms with Gasteiger partial charge in [-0.05, 0) is 69.9 Å². The third kappa shape index (κ3) is 4.62. The van der Waals surface area contributed by atoms with Gasteiger partial charge in [-0.1, -0.05) is 79.2 Å². The van der Waals surface area contributed by atoms with Gasteiger partial charge in [-0.3, -0.25) is 5.10 Å². The van der Waals surface area contributed by atoms with Gasteiger partial charge in [-0.25, -0.2) is 4.79 Å². The molecule has 3 aromatic carbocycles. The van der Waals surface area contributed by atoms with E-state index in [-0.39, 0.29) is 0 Å². The Kier molecular flexibility index (Phi) is 6.21. The number of hydrogen-bond donors (Lipinski definition) is 2. The molecule has 5 rings (SSSR count). The molecule has 1 aliphatic rings. The lowest BCUT2D eigenvalue weighted by Crippen LogP contribution is -2.15. The van der Waals surface area contributed by atoms with E-state index in [4.69, 9.17) is 5.11 Å². The number of rotatable bonds is 7. The summed E-state index contributed by atoms with van der Waals surface area (Å²) in [5.41, 5.74) is 9.19. The number of aromatic amines is 1. The third-order valence-corrected chi connectivity index (χ3v) is 6.47. The summed E-state index contributed by atoms with van der Waals surface area (Å²) >= 11 is 0. The van der Waals surface area contributed by atoms with Crippen molar-refractivity contribution in [2.24, 2.45) is 5.92 Å². The molecule has 168 valence electrons. The number of carboxylic acid groups (broad SMARTS) is 1. The highest BCUT2D eigenvalue weighted by atomic mass is 16.4. The zero-order chi connectivity index (χ0) is 23.3. The van der Waals surface area contributed by atoms with E-state index in [0.29, 0.717) is 5.92 Å². The number of nitrogens with one attached hydrogen (secondary N) is 1. The molecule has 2 N–H and O–H groups in total. The fraction of sp³-hybridized carbons (Fsp3) is 0.133. The molecular formula is C30H26N2O2. The van der Waals surface area contributed by atoms with Gasteiger partial charge in [-0.15, -0.1) is 0 Å². The number of aromatic nitrogens is 2. The topological polar surface area (TPSA) is 66.0 Å². The molecule has 4 aromatic rings. The van der Waals surface area contributed by atoms with Crippen LogP contribution < -0.4 is 0 Å². The van der Waals surface area contributed by atoms with Gasteiger partial charge in [0.25, 0.3) is 0 Å². The molecule has 4 nitrogen and oxygen atoms in total. The summed E-state index contributed by atoms with van der Waals surface area (Å²) in [5.74, 6) is -0.432. The molecule has 0 atom stereocenters. The minimum absolute atomic E-state index is 0.515. The number of H-pyrrole nitrogens is 1. The van der Waals surface area contributed by atoms with Gasteiger partial charge in [-0.2, -0.15) is 5.10 Å². The second-order valence-electron chi connectivity index (χ2n) is 8.64. The second-order valence-corrected chi connectivity index (χ2v) is 8.64. The van der Waals surface area contributed by atoms with E-state index in [9.17, 15) is 4.79 Å². The molecule has 1 heterocycles. The van der Waals surface area contributed by atoms with Crippen LogP contribution in [0, 0.1) is 5.92 Å². The zero-order valence-corrected chi connectivity index (χ0v) is 18.8. The lowest BCUT2D eigenvalue weighted by Gasteiger charge is -2.31. The summed E-state index contributed by atoms with van der Waals surface area (Å²) in [5, 5.41) is 16.0. The Morgan fingerprint density at radius 2 is 1.65 bits per heavy atom. The zero-order valence-electron chi connectivity index (χ0n) is 18.8. The van der Waals surface area contributed by atoms with Crippen LogP contribution in [0.4, 0.5) is 0 Å². The van der Waals surface area contributed by atoms with Crippen molar-refractivity contribution in [1.29, 1.82) is 0 Å². The highest BCUT2D eigenvalue weighted by molar-refractivity contribution is 6.00. The van der Waals surface area contributed by atoms with Crippen molar-refractivity contribution in [3.05, 3.63) is 120 Å². The van der Waals surface area contributed by atoms with Crippen molar-refractivity contribution >= 4 is 23.2 Å². The molecule has 0 saturated heterocycles. The smallest absolute Gasteiger partial charge is 0.328 e. The molecule has 34 heavy (non-hydrogen) atoms. The van der Waals surface area contributed by atoms with Gasteiger partial charge in [0.05, 0.1) is 6.20 Å². The van der Waals surface area contributed by atoms with Crippen molar-refractivity contribution in [3.8, 4) is 11.1 Å². The molecule has 1 aliphatic carbocycles. The average molecular weight is 447 g/mol. The first-order valence-corrected chi connectivity index (χ1v) is 11.6. The number of benzene rings is 3. The van der Waals surface area contributed by atoms with Crippen LogP contribution in [0.5, 0.6) is 0 Å². The minimum Gasteiger partial charge on any atom is -0.478 e. The van der Waals surface area contributed by atoms with Crippen molar-refractivity contribution < 1.29 is 9.90 Å². The molecule has 1 fully saturated rings. The summed E-state index contributed by atoms with van der Waals surface area (Å²) < 4.78 is 0. The number of carboxylic acids is 1. The molecule has 0 radical (unpaired) electrons. The molecule has 0 spiro atoms. The van der Waals surface area contributed by atoms with E-state index in [1.165, 1.54) is 47.6 Å². The fourth-order valence-electron chi connectivity index (χ4n) is 4.57. The second kappa shape index (κ2) is 9.75. The van der Waals surface area contributed by atoms with Gasteiger partial charge in [0.15, 0.2) is 0 Å². The van der Waals surface area contributed by atoms with E-state index < -0.39 is 5.97 Å². The summed E-state index contributed by atoms with van der Waals surface area (Å²) in [4.78, 5) is 10.9. The first-order chi connectivity index (χ1) is 16.7. The summed E-state index contributed by atoms with van der Waals surface area (Å²) in [6, 6.07) is 27.5. The Morgan fingerprint density at radius 3 is 2.29 bits per heavy atom. The molecule has 0 amide bonds. The van der Waals surface area contributed by atoms with Gasteiger partial charge in [0, 0.05) is 17.8 Å². The van der Waals surface area contributed by atoms with Crippen molar-refractivity contribution in [1.82, 2.24) is 10.2 Å². The van der Waals surface area contributed by atoms with Crippen LogP contribution in [0.2, 0.25) is 0 Å². The van der Waals surface area contributed by atoms with Gasteiger partial charge in [0.1, 0.15) is 0 Å². The Bertz CT molecular complexity index is 1330. The molecule has 1 saturated carbocycles. The van der Waals surface area contributed by atoms with Crippen molar-refractivity contribution in [3.63, 3.8) is 0 Å². The molecular weight excluding hydrogens is 420 g/mol. The molecule has 0 bridgehead atoms. The minimum atomic E-state index is -0.947. The standard InChI is InChI=1S/C30H26N2O2/c33-28(34)17-14-21-12-15-24(16-13-21)30(26-11-5-10-25(18-26)27-19-31-32-20-27)29(23-8-4-9-23)22-6-2-1-3-7-22/h1-3,5-7,10-20,23H,4,8-9H2,(H,31,32)(H,33,34). The quantitative estimate of drug-likeness (QED) is 0.239. The average Bonchev–Trinajstić information content (AvgIpc) is 3.38. The Labute approximate surface area is 199 Å². The number of hydrogen-bond acceptors (Lipinski definition) is 2. The molecule has 0 aliphatic heterocycles. The predicted octanol–water partition coefficient (Wildman–Crippen LogP) is 6.93. The first-order valence-electron chi connectivity index (χ1n) is 11.6. The first kappa shape index (κ1) is 21.7. The lowest BCUT2D eigenvalue weighted by molar-refractivity contribution is -0.131. The van der Waals surface area contributed by atoms with Crippen LogP contribution >= 0.6 is 0 Å². The Balaban J connectivity index is 1.70. The lowest BCUT2D eigenvalue weighted by atomic mass is 9.73. The summed E-state index contributed by atoms with van der Waals surface area (Å²) in [6.07, 6.45) is 10.2. The van der Waals surface area contributed by atoms with E-state index in [2.05, 4.69) is 76.9 Å². The van der Waals surface area contributed by atoms with Crippen molar-refractivity contribution in [2.45, 2.75) is 19.3 Å². The van der Waals surface area contributed by atoms with E-state index in [1.807, 2.05) is 24.5 Å². The number of aliphatic carboxylic acids is 1. The summed E-state index contributed by atoms with van der Waals surface area (Å²) in [6.45, 7) is 0. The Hall–Kier alpha value is -4.18. The normalized spacial score (nSPS) is 14.6. The third-order valence-electron chi connectivity index (χ3n) is 6.47. The highest BCUT2D eigenvalue weighted by Gasteiger charge is 2.27. The predicted molar refractivity (Wildman–Crippen MR) is 137 cm³/mol. The molecule has 1 aromatic heterocycles. The van der Waals surface area contributed by atoms with Crippen LogP contribution in [0.3, 0.4) is 0 Å². The van der Waals surface area contributed by atoms with Crippen LogP contribution in [0.15, 0.2) is 97.3 Å². The number of allylic oxidation sites excluding steroid dienone is 1. The Morgan fingerprint density at radius 1 is 0.882 bits per heavy atom. The van der Waals surface area contributed by atoms with E-state index >= 15 is 0 Å². The number of nitrogens with zero attached hydrogens (tertiary/aromatic N) is 1. The largest absolute Gasteiger partial charge is 0.478 e.